The molecule has 0 saturated heterocycles. The number of aromatic nitrogens is 4. The minimum Gasteiger partial charge on any atom is -0.382 e. The average Bonchev–Trinajstić information content (AvgIpc) is 3.63. The van der Waals surface area contributed by atoms with Gasteiger partial charge in [0.25, 0.3) is 11.8 Å². The number of rotatable bonds is 14. The van der Waals surface area contributed by atoms with Crippen LogP contribution in [0.3, 0.4) is 0 Å². The first-order valence-corrected chi connectivity index (χ1v) is 22.2. The van der Waals surface area contributed by atoms with E-state index in [9.17, 15) is 19.2 Å². The number of nitrogen functional groups attached to an aromatic ring is 1. The summed E-state index contributed by atoms with van der Waals surface area (Å²) in [5.74, 6) is 0.145. The lowest BCUT2D eigenvalue weighted by molar-refractivity contribution is -0.117. The molecular formula is C37H51N9O4S4. The summed E-state index contributed by atoms with van der Waals surface area (Å²) in [5, 5.41) is 11.3. The van der Waals surface area contributed by atoms with Crippen molar-refractivity contribution >= 4 is 93.5 Å². The van der Waals surface area contributed by atoms with Crippen LogP contribution >= 0.6 is 0 Å². The number of imidazole rings is 2. The largest absolute Gasteiger partial charge is 0.382 e. The Bertz CT molecular complexity index is 1860. The van der Waals surface area contributed by atoms with Gasteiger partial charge in [-0.05, 0) is 80.8 Å². The van der Waals surface area contributed by atoms with Gasteiger partial charge in [0.15, 0.2) is 5.82 Å². The van der Waals surface area contributed by atoms with E-state index in [1.165, 1.54) is 0 Å². The van der Waals surface area contributed by atoms with Crippen LogP contribution in [-0.4, -0.2) is 64.7 Å². The molecule has 4 aromatic rings. The smallest absolute Gasteiger partial charge is 0.291 e. The van der Waals surface area contributed by atoms with Crippen LogP contribution in [0.5, 0.6) is 0 Å². The summed E-state index contributed by atoms with van der Waals surface area (Å²) in [6.07, 6.45) is 9.73. The molecule has 2 atom stereocenters. The third kappa shape index (κ3) is 13.5. The van der Waals surface area contributed by atoms with Gasteiger partial charge in [-0.2, -0.15) is 0 Å². The maximum absolute atomic E-state index is 12.3. The molecule has 292 valence electrons. The van der Waals surface area contributed by atoms with Gasteiger partial charge in [-0.3, -0.25) is 19.2 Å². The minimum atomic E-state index is -0.355. The lowest BCUT2D eigenvalue weighted by Crippen LogP contribution is -2.27. The Balaban J connectivity index is 0.000000290. The summed E-state index contributed by atoms with van der Waals surface area (Å²) in [6.45, 7) is 10.2. The molecule has 54 heavy (non-hydrogen) atoms. The predicted octanol–water partition coefficient (Wildman–Crippen LogP) is 5.65. The van der Waals surface area contributed by atoms with Gasteiger partial charge >= 0.3 is 0 Å². The fourth-order valence-corrected chi connectivity index (χ4v) is 6.02. The van der Waals surface area contributed by atoms with Crippen LogP contribution in [0.15, 0.2) is 60.9 Å². The molecule has 0 radical (unpaired) electrons. The normalized spacial score (nSPS) is 12.5. The molecule has 4 amide bonds. The number of benzene rings is 2. The van der Waals surface area contributed by atoms with Crippen LogP contribution < -0.4 is 27.0 Å². The number of nitrogens with zero attached hydrogens (tertiary/aromatic N) is 4. The summed E-state index contributed by atoms with van der Waals surface area (Å²) in [7, 11) is 3.16. The fourth-order valence-electron chi connectivity index (χ4n) is 4.74. The molecular weight excluding hydrogens is 763 g/mol. The minimum absolute atomic E-state index is 0.0237. The van der Waals surface area contributed by atoms with E-state index >= 15 is 0 Å². The van der Waals surface area contributed by atoms with Crippen molar-refractivity contribution in [3.8, 4) is 0 Å². The molecule has 0 saturated carbocycles. The second kappa shape index (κ2) is 19.3. The Morgan fingerprint density at radius 1 is 0.648 bits per heavy atom. The van der Waals surface area contributed by atoms with Crippen molar-refractivity contribution in [2.45, 2.75) is 69.8 Å². The van der Waals surface area contributed by atoms with Crippen LogP contribution in [0.4, 0.5) is 28.6 Å². The lowest BCUT2D eigenvalue weighted by atomic mass is 10.1. The second-order valence-corrected chi connectivity index (χ2v) is 21.0. The maximum Gasteiger partial charge on any atom is 0.291 e. The van der Waals surface area contributed by atoms with Gasteiger partial charge in [0.05, 0.1) is 5.69 Å². The van der Waals surface area contributed by atoms with E-state index in [0.29, 0.717) is 41.4 Å². The molecule has 0 spiro atoms. The van der Waals surface area contributed by atoms with E-state index in [0.717, 1.165) is 18.5 Å². The first-order chi connectivity index (χ1) is 25.2. The Labute approximate surface area is 331 Å². The topological polar surface area (TPSA) is 178 Å². The van der Waals surface area contributed by atoms with Gasteiger partial charge in [0, 0.05) is 71.6 Å². The van der Waals surface area contributed by atoms with Gasteiger partial charge in [-0.15, -0.1) is 18.9 Å². The van der Waals surface area contributed by atoms with Crippen molar-refractivity contribution in [2.75, 3.05) is 39.5 Å². The zero-order chi connectivity index (χ0) is 40.4. The SMILES string of the molecule is Cc1cn(C)c(C(=O)Nc2ccc(NC(=O)CCC(C)(C)S(C)=S)cc2)n1.Cn1cc(N)nc1C(=O)Nc1ccc(NC(=O)CCC(C)(C)S(C)=S)cc1. The maximum atomic E-state index is 12.3. The number of carbonyl (C=O) groups is 4. The van der Waals surface area contributed by atoms with E-state index in [1.54, 1.807) is 84.2 Å². The lowest BCUT2D eigenvalue weighted by Gasteiger charge is -2.23. The van der Waals surface area contributed by atoms with Crippen molar-refractivity contribution in [1.82, 2.24) is 19.1 Å². The van der Waals surface area contributed by atoms with Crippen LogP contribution in [-0.2, 0) is 65.0 Å². The van der Waals surface area contributed by atoms with Gasteiger partial charge in [0.1, 0.15) is 5.82 Å². The fraction of sp³-hybridized carbons (Fsp3) is 0.405. The Morgan fingerprint density at radius 3 is 1.28 bits per heavy atom. The summed E-state index contributed by atoms with van der Waals surface area (Å²) >= 11 is 10.7. The highest BCUT2D eigenvalue weighted by Gasteiger charge is 2.22. The monoisotopic (exact) mass is 813 g/mol. The molecule has 2 aromatic heterocycles. The third-order valence-electron chi connectivity index (χ3n) is 8.62. The molecule has 0 bridgehead atoms. The van der Waals surface area contributed by atoms with Gasteiger partial charge in [-0.25, -0.2) is 9.97 Å². The molecule has 2 unspecified atom stereocenters. The van der Waals surface area contributed by atoms with Crippen molar-refractivity contribution in [1.29, 1.82) is 0 Å². The second-order valence-electron chi connectivity index (χ2n) is 14.0. The first-order valence-electron chi connectivity index (χ1n) is 17.1. The molecule has 0 aliphatic rings. The van der Waals surface area contributed by atoms with Crippen molar-refractivity contribution in [3.63, 3.8) is 0 Å². The number of hydrogen-bond donors (Lipinski definition) is 5. The average molecular weight is 814 g/mol. The number of nitrogens with one attached hydrogen (secondary N) is 4. The third-order valence-corrected chi connectivity index (χ3v) is 14.8. The van der Waals surface area contributed by atoms with Crippen LogP contribution in [0, 0.1) is 6.92 Å². The molecule has 2 heterocycles. The van der Waals surface area contributed by atoms with E-state index in [-0.39, 0.29) is 63.7 Å². The number of hydrogen-bond acceptors (Lipinski definition) is 9. The van der Waals surface area contributed by atoms with Crippen molar-refractivity contribution in [2.24, 2.45) is 14.1 Å². The quantitative estimate of drug-likeness (QED) is 0.108. The van der Waals surface area contributed by atoms with Gasteiger partial charge in [0.2, 0.25) is 17.6 Å². The number of anilines is 5. The predicted molar refractivity (Wildman–Crippen MR) is 230 cm³/mol. The van der Waals surface area contributed by atoms with E-state index < -0.39 is 0 Å². The molecule has 4 rings (SSSR count). The molecule has 17 heteroatoms. The summed E-state index contributed by atoms with van der Waals surface area (Å²) < 4.78 is 3.19. The van der Waals surface area contributed by atoms with E-state index in [1.807, 2.05) is 19.4 Å². The van der Waals surface area contributed by atoms with E-state index in [4.69, 9.17) is 28.1 Å². The van der Waals surface area contributed by atoms with Gasteiger partial charge < -0.3 is 36.1 Å². The number of nitrogens with two attached hydrogens (primary N) is 1. The standard InChI is InChI=1S/C19H26N4O2S2.C18H25N5O2S2/c1-13-12-23(4)17(20-13)18(25)22-15-8-6-14(7-9-15)21-16(24)10-11-19(2,3)27(5)26;1-18(2,27(4)26)10-9-15(24)20-12-5-7-13(8-6-12)21-17(25)16-22-14(19)11-23(16)3/h6-9,12H,10-11H2,1-5H3,(H,21,24)(H,22,25);5-8,11H,9-10,19H2,1-4H3,(H,20,24)(H,21,25). The Morgan fingerprint density at radius 2 is 0.981 bits per heavy atom. The summed E-state index contributed by atoms with van der Waals surface area (Å²) in [6, 6.07) is 13.9. The molecule has 0 aliphatic heterocycles. The first kappa shape index (κ1) is 44.1. The van der Waals surface area contributed by atoms with Crippen LogP contribution in [0.1, 0.15) is 80.3 Å². The highest BCUT2D eigenvalue weighted by Crippen LogP contribution is 2.22. The molecule has 6 N–H and O–H groups in total. The van der Waals surface area contributed by atoms with Crippen molar-refractivity contribution < 1.29 is 19.2 Å². The zero-order valence-corrected chi connectivity index (χ0v) is 35.5. The summed E-state index contributed by atoms with van der Waals surface area (Å²) in [5.41, 5.74) is 8.98. The zero-order valence-electron chi connectivity index (χ0n) is 32.2. The molecule has 13 nitrogen and oxygen atoms in total. The number of aryl methyl sites for hydroxylation is 3. The van der Waals surface area contributed by atoms with E-state index in [2.05, 4.69) is 58.9 Å². The van der Waals surface area contributed by atoms with Crippen LogP contribution in [0.2, 0.25) is 0 Å². The Hall–Kier alpha value is -4.32. The Kier molecular flexibility index (Phi) is 15.8. The van der Waals surface area contributed by atoms with Crippen LogP contribution in [0.25, 0.3) is 0 Å². The molecule has 2 aromatic carbocycles. The molecule has 0 fully saturated rings. The van der Waals surface area contributed by atoms with Crippen molar-refractivity contribution in [3.05, 3.63) is 78.3 Å². The highest BCUT2D eigenvalue weighted by atomic mass is 32.8. The summed E-state index contributed by atoms with van der Waals surface area (Å²) in [4.78, 5) is 57.0. The highest BCUT2D eigenvalue weighted by molar-refractivity contribution is 8.29. The number of amides is 4. The molecule has 0 aliphatic carbocycles. The number of carbonyl (C=O) groups excluding carboxylic acids is 4. The van der Waals surface area contributed by atoms with Gasteiger partial charge in [-0.1, -0.05) is 50.1 Å².